The smallest absolute Gasteiger partial charge is 0.260 e. The first-order chi connectivity index (χ1) is 15.4. The minimum atomic E-state index is -1.91. The summed E-state index contributed by atoms with van der Waals surface area (Å²) in [6, 6.07) is 0. The van der Waals surface area contributed by atoms with E-state index in [0.29, 0.717) is 12.7 Å². The largest absolute Gasteiger partial charge is 0.356 e. The normalized spacial score (nSPS) is 21.3. The van der Waals surface area contributed by atoms with Gasteiger partial charge in [-0.3, -0.25) is 4.79 Å². The van der Waals surface area contributed by atoms with Gasteiger partial charge in [0.15, 0.2) is 44.0 Å². The topological polar surface area (TPSA) is 100 Å². The van der Waals surface area contributed by atoms with Gasteiger partial charge in [0.1, 0.15) is 5.60 Å². The molecule has 0 radical (unpaired) electrons. The van der Waals surface area contributed by atoms with Gasteiger partial charge in [-0.05, 0) is 54.9 Å². The standard InChI is InChI=1S/C23H46O10/c1-12-13-14-22(8,31-19(5)28-16(2)25-9)23(15-24,32-20(6)29-17(3)26-10)33-21(7)30-18(4)27-11/h15-21H,12-14H2,1-11H3. The zero-order valence-corrected chi connectivity index (χ0v) is 22.2. The van der Waals surface area contributed by atoms with E-state index >= 15 is 0 Å². The van der Waals surface area contributed by atoms with Crippen LogP contribution >= 0.6 is 0 Å². The number of unbranched alkanes of at least 4 members (excludes halogenated alkanes) is 1. The van der Waals surface area contributed by atoms with Gasteiger partial charge in [0.05, 0.1) is 0 Å². The number of ether oxygens (including phenoxy) is 9. The third kappa shape index (κ3) is 11.1. The number of methoxy groups -OCH3 is 3. The third-order valence-corrected chi connectivity index (χ3v) is 5.15. The molecule has 0 heterocycles. The molecule has 0 aliphatic carbocycles. The minimum Gasteiger partial charge on any atom is -0.356 e. The van der Waals surface area contributed by atoms with E-state index in [4.69, 9.17) is 42.6 Å². The number of hydrogen-bond acceptors (Lipinski definition) is 10. The first-order valence-corrected chi connectivity index (χ1v) is 11.5. The molecule has 0 fully saturated rings. The van der Waals surface area contributed by atoms with Crippen molar-refractivity contribution in [2.45, 2.75) is 124 Å². The van der Waals surface area contributed by atoms with Crippen LogP contribution in [0.25, 0.3) is 0 Å². The van der Waals surface area contributed by atoms with Gasteiger partial charge >= 0.3 is 0 Å². The Balaban J connectivity index is 6.15. The van der Waals surface area contributed by atoms with Crippen LogP contribution in [-0.2, 0) is 47.4 Å². The fraction of sp³-hybridized carbons (Fsp3) is 0.957. The van der Waals surface area contributed by atoms with E-state index in [1.165, 1.54) is 21.3 Å². The van der Waals surface area contributed by atoms with Crippen LogP contribution in [0, 0.1) is 0 Å². The van der Waals surface area contributed by atoms with E-state index in [0.717, 1.165) is 12.8 Å². The summed E-state index contributed by atoms with van der Waals surface area (Å²) >= 11 is 0. The van der Waals surface area contributed by atoms with Crippen LogP contribution in [-0.4, -0.2) is 76.7 Å². The zero-order valence-electron chi connectivity index (χ0n) is 22.2. The molecule has 0 amide bonds. The van der Waals surface area contributed by atoms with Crippen molar-refractivity contribution in [3.05, 3.63) is 0 Å². The molecule has 10 nitrogen and oxygen atoms in total. The number of carbonyl (C=O) groups is 1. The van der Waals surface area contributed by atoms with Crippen LogP contribution in [0.15, 0.2) is 0 Å². The number of aldehydes is 1. The molecule has 0 spiro atoms. The van der Waals surface area contributed by atoms with Crippen molar-refractivity contribution in [3.63, 3.8) is 0 Å². The maximum absolute atomic E-state index is 12.7. The molecule has 0 bridgehead atoms. The lowest BCUT2D eigenvalue weighted by atomic mass is 9.89. The number of rotatable bonds is 20. The van der Waals surface area contributed by atoms with Gasteiger partial charge in [0.25, 0.3) is 5.79 Å². The maximum atomic E-state index is 12.7. The number of hydrogen-bond donors (Lipinski definition) is 0. The van der Waals surface area contributed by atoms with Gasteiger partial charge in [0.2, 0.25) is 0 Å². The molecule has 0 rings (SSSR count). The Hall–Kier alpha value is -0.690. The third-order valence-electron chi connectivity index (χ3n) is 5.15. The monoisotopic (exact) mass is 482 g/mol. The lowest BCUT2D eigenvalue weighted by Crippen LogP contribution is -2.62. The molecule has 0 aromatic rings. The summed E-state index contributed by atoms with van der Waals surface area (Å²) < 4.78 is 51.0. The summed E-state index contributed by atoms with van der Waals surface area (Å²) in [5.74, 6) is -1.91. The van der Waals surface area contributed by atoms with Gasteiger partial charge in [-0.2, -0.15) is 0 Å². The molecule has 0 aliphatic heterocycles. The van der Waals surface area contributed by atoms with Crippen LogP contribution in [0.1, 0.15) is 74.7 Å². The molecular weight excluding hydrogens is 436 g/mol. The molecule has 0 N–H and O–H groups in total. The van der Waals surface area contributed by atoms with Gasteiger partial charge < -0.3 is 42.6 Å². The first-order valence-electron chi connectivity index (χ1n) is 11.5. The van der Waals surface area contributed by atoms with Gasteiger partial charge in [-0.15, -0.1) is 0 Å². The van der Waals surface area contributed by atoms with Crippen LogP contribution in [0.5, 0.6) is 0 Å². The Bertz CT molecular complexity index is 499. The summed E-state index contributed by atoms with van der Waals surface area (Å²) in [6.07, 6.45) is -1.56. The highest BCUT2D eigenvalue weighted by Crippen LogP contribution is 2.38. The Morgan fingerprint density at radius 1 is 0.667 bits per heavy atom. The molecule has 0 aliphatic rings. The second-order valence-corrected chi connectivity index (χ2v) is 7.99. The average Bonchev–Trinajstić information content (AvgIpc) is 2.76. The van der Waals surface area contributed by atoms with Crippen molar-refractivity contribution in [2.75, 3.05) is 21.3 Å². The molecule has 0 aromatic carbocycles. The molecular formula is C23H46O10. The van der Waals surface area contributed by atoms with Crippen molar-refractivity contribution >= 4 is 6.29 Å². The highest BCUT2D eigenvalue weighted by Gasteiger charge is 2.55. The molecule has 0 aromatic heterocycles. The lowest BCUT2D eigenvalue weighted by Gasteiger charge is -2.47. The van der Waals surface area contributed by atoms with Crippen LogP contribution in [0.2, 0.25) is 0 Å². The van der Waals surface area contributed by atoms with Crippen LogP contribution in [0.4, 0.5) is 0 Å². The van der Waals surface area contributed by atoms with E-state index in [1.807, 2.05) is 6.92 Å². The Kier molecular flexibility index (Phi) is 15.7. The minimum absolute atomic E-state index is 0.427. The Morgan fingerprint density at radius 3 is 1.33 bits per heavy atom. The van der Waals surface area contributed by atoms with Crippen molar-refractivity contribution in [2.24, 2.45) is 0 Å². The summed E-state index contributed by atoms with van der Waals surface area (Å²) in [6.45, 7) is 14.0. The first kappa shape index (κ1) is 32.3. The van der Waals surface area contributed by atoms with Crippen molar-refractivity contribution in [1.82, 2.24) is 0 Å². The summed E-state index contributed by atoms with van der Waals surface area (Å²) in [5, 5.41) is 0. The van der Waals surface area contributed by atoms with Crippen molar-refractivity contribution in [3.8, 4) is 0 Å². The molecule has 198 valence electrons. The van der Waals surface area contributed by atoms with Gasteiger partial charge in [-0.25, -0.2) is 0 Å². The van der Waals surface area contributed by atoms with E-state index in [1.54, 1.807) is 48.5 Å². The SMILES string of the molecule is CCCCC(C)(OC(C)OC(C)OC)C(C=O)(OC(C)OC(C)OC)OC(C)OC(C)OC. The summed E-state index contributed by atoms with van der Waals surface area (Å²) in [5.41, 5.74) is -1.28. The van der Waals surface area contributed by atoms with E-state index in [-0.39, 0.29) is 0 Å². The fourth-order valence-corrected chi connectivity index (χ4v) is 3.21. The Labute approximate surface area is 199 Å². The summed E-state index contributed by atoms with van der Waals surface area (Å²) in [4.78, 5) is 12.7. The maximum Gasteiger partial charge on any atom is 0.260 e. The predicted molar refractivity (Wildman–Crippen MR) is 121 cm³/mol. The molecule has 7 atom stereocenters. The second kappa shape index (κ2) is 16.1. The zero-order chi connectivity index (χ0) is 25.7. The number of carbonyl (C=O) groups excluding carboxylic acids is 1. The Morgan fingerprint density at radius 2 is 1.03 bits per heavy atom. The van der Waals surface area contributed by atoms with Crippen LogP contribution in [0.3, 0.4) is 0 Å². The highest BCUT2D eigenvalue weighted by molar-refractivity contribution is 5.63. The average molecular weight is 483 g/mol. The molecule has 33 heavy (non-hydrogen) atoms. The summed E-state index contributed by atoms with van der Waals surface area (Å²) in [7, 11) is 4.54. The quantitative estimate of drug-likeness (QED) is 0.187. The van der Waals surface area contributed by atoms with Crippen molar-refractivity contribution < 1.29 is 47.4 Å². The van der Waals surface area contributed by atoms with Crippen LogP contribution < -0.4 is 0 Å². The lowest BCUT2D eigenvalue weighted by molar-refractivity contribution is -0.408. The molecule has 0 saturated carbocycles. The van der Waals surface area contributed by atoms with E-state index in [2.05, 4.69) is 0 Å². The molecule has 0 saturated heterocycles. The fourth-order valence-electron chi connectivity index (χ4n) is 3.21. The van der Waals surface area contributed by atoms with E-state index in [9.17, 15) is 4.79 Å². The second-order valence-electron chi connectivity index (χ2n) is 7.99. The van der Waals surface area contributed by atoms with E-state index < -0.39 is 49.1 Å². The predicted octanol–water partition coefficient (Wildman–Crippen LogP) is 3.95. The molecule has 10 heteroatoms. The van der Waals surface area contributed by atoms with Crippen molar-refractivity contribution in [1.29, 1.82) is 0 Å². The van der Waals surface area contributed by atoms with Gasteiger partial charge in [0, 0.05) is 21.3 Å². The van der Waals surface area contributed by atoms with Gasteiger partial charge in [-0.1, -0.05) is 19.8 Å². The molecule has 7 unspecified atom stereocenters. The highest BCUT2D eigenvalue weighted by atomic mass is 16.9.